The van der Waals surface area contributed by atoms with Gasteiger partial charge in [0.15, 0.2) is 0 Å². The van der Waals surface area contributed by atoms with Crippen molar-refractivity contribution in [1.82, 2.24) is 0 Å². The van der Waals surface area contributed by atoms with E-state index < -0.39 is 10.0 Å². The number of sulfonamides is 1. The van der Waals surface area contributed by atoms with E-state index in [1.54, 1.807) is 73.7 Å². The Kier molecular flexibility index (Phi) is 6.57. The molecule has 0 unspecified atom stereocenters. The number of hydrogen-bond acceptors (Lipinski definition) is 4. The highest BCUT2D eigenvalue weighted by molar-refractivity contribution is 9.10. The van der Waals surface area contributed by atoms with Crippen LogP contribution in [-0.4, -0.2) is 20.9 Å². The molecule has 0 fully saturated rings. The molecule has 0 bridgehead atoms. The van der Waals surface area contributed by atoms with Gasteiger partial charge in [-0.15, -0.1) is 11.3 Å². The Morgan fingerprint density at radius 1 is 1.06 bits per heavy atom. The smallest absolute Gasteiger partial charge is 0.265 e. The van der Waals surface area contributed by atoms with Crippen molar-refractivity contribution in [1.29, 1.82) is 0 Å². The fourth-order valence-electron chi connectivity index (χ4n) is 3.28. The summed E-state index contributed by atoms with van der Waals surface area (Å²) in [5.74, 6) is -0.246. The van der Waals surface area contributed by atoms with Gasteiger partial charge in [-0.3, -0.25) is 9.10 Å². The quantitative estimate of drug-likeness (QED) is 0.288. The van der Waals surface area contributed by atoms with E-state index in [-0.39, 0.29) is 17.3 Å². The van der Waals surface area contributed by atoms with Crippen LogP contribution in [0.4, 0.5) is 11.4 Å². The van der Waals surface area contributed by atoms with Crippen LogP contribution in [0.1, 0.15) is 16.6 Å². The van der Waals surface area contributed by atoms with Gasteiger partial charge >= 0.3 is 0 Å². The van der Waals surface area contributed by atoms with Crippen LogP contribution in [0.15, 0.2) is 82.2 Å². The summed E-state index contributed by atoms with van der Waals surface area (Å²) in [6.45, 7) is 2.06. The molecule has 0 spiro atoms. The second-order valence-electron chi connectivity index (χ2n) is 6.92. The van der Waals surface area contributed by atoms with E-state index in [1.807, 2.05) is 6.07 Å². The van der Waals surface area contributed by atoms with Crippen LogP contribution in [0.25, 0.3) is 10.1 Å². The lowest BCUT2D eigenvalue weighted by atomic mass is 10.2. The third-order valence-electron chi connectivity index (χ3n) is 4.78. The average Bonchev–Trinajstić information content (AvgIpc) is 3.18. The maximum Gasteiger partial charge on any atom is 0.265 e. The Bertz CT molecular complexity index is 1400. The normalized spacial score (nSPS) is 11.5. The monoisotopic (exact) mass is 548 g/mol. The molecule has 9 heteroatoms. The second kappa shape index (κ2) is 9.23. The zero-order valence-electron chi connectivity index (χ0n) is 16.9. The number of halogens is 2. The van der Waals surface area contributed by atoms with Crippen molar-refractivity contribution >= 4 is 76.3 Å². The Morgan fingerprint density at radius 3 is 2.50 bits per heavy atom. The van der Waals surface area contributed by atoms with Crippen molar-refractivity contribution < 1.29 is 13.2 Å². The lowest BCUT2D eigenvalue weighted by Gasteiger charge is -2.23. The number of carbonyl (C=O) groups excluding carboxylic acids is 1. The third-order valence-corrected chi connectivity index (χ3v) is 8.58. The highest BCUT2D eigenvalue weighted by atomic mass is 79.9. The SMILES string of the molecule is CCN(c1ccc2sc(C(=O)Nc3cccc(Cl)c3)cc2c1)S(=O)(=O)c1ccc(Br)cc1. The van der Waals surface area contributed by atoms with E-state index in [0.717, 1.165) is 14.6 Å². The Labute approximate surface area is 203 Å². The first-order valence-corrected chi connectivity index (χ1v) is 13.1. The maximum absolute atomic E-state index is 13.2. The van der Waals surface area contributed by atoms with Crippen LogP contribution < -0.4 is 9.62 Å². The standard InChI is InChI=1S/C23H18BrClN2O3S2/c1-2-27(32(29,30)20-9-6-16(24)7-10-20)19-8-11-21-15(12-19)13-22(31-21)23(28)26-18-5-3-4-17(25)14-18/h3-14H,2H2,1H3,(H,26,28). The van der Waals surface area contributed by atoms with Gasteiger partial charge in [-0.25, -0.2) is 8.42 Å². The highest BCUT2D eigenvalue weighted by Gasteiger charge is 2.24. The molecule has 3 aromatic carbocycles. The molecule has 4 rings (SSSR count). The first kappa shape index (κ1) is 22.8. The minimum absolute atomic E-state index is 0.217. The van der Waals surface area contributed by atoms with E-state index in [4.69, 9.17) is 11.6 Å². The fraction of sp³-hybridized carbons (Fsp3) is 0.0870. The number of nitrogens with zero attached hydrogens (tertiary/aromatic N) is 1. The number of amides is 1. The van der Waals surface area contributed by atoms with Crippen LogP contribution in [-0.2, 0) is 10.0 Å². The molecule has 0 aliphatic carbocycles. The van der Waals surface area contributed by atoms with Gasteiger partial charge in [0.05, 0.1) is 15.5 Å². The molecule has 164 valence electrons. The predicted molar refractivity (Wildman–Crippen MR) is 136 cm³/mol. The third kappa shape index (κ3) is 4.68. The van der Waals surface area contributed by atoms with Gasteiger partial charge in [-0.2, -0.15) is 0 Å². The number of fused-ring (bicyclic) bond motifs is 1. The molecular weight excluding hydrogens is 532 g/mol. The van der Waals surface area contributed by atoms with Crippen LogP contribution in [0.5, 0.6) is 0 Å². The zero-order valence-corrected chi connectivity index (χ0v) is 20.9. The van der Waals surface area contributed by atoms with Gasteiger partial charge in [0.1, 0.15) is 0 Å². The summed E-state index contributed by atoms with van der Waals surface area (Å²) >= 11 is 10.7. The average molecular weight is 550 g/mol. The number of hydrogen-bond donors (Lipinski definition) is 1. The van der Waals surface area contributed by atoms with Crippen LogP contribution in [0, 0.1) is 0 Å². The van der Waals surface area contributed by atoms with Crippen molar-refractivity contribution in [2.75, 3.05) is 16.2 Å². The molecule has 1 aromatic heterocycles. The van der Waals surface area contributed by atoms with E-state index in [2.05, 4.69) is 21.2 Å². The molecular formula is C23H18BrClN2O3S2. The summed E-state index contributed by atoms with van der Waals surface area (Å²) in [6, 6.07) is 20.7. The Hall–Kier alpha value is -2.39. The molecule has 0 radical (unpaired) electrons. The number of benzene rings is 3. The molecule has 32 heavy (non-hydrogen) atoms. The maximum atomic E-state index is 13.2. The molecule has 1 amide bonds. The predicted octanol–water partition coefficient (Wildman–Crippen LogP) is 6.78. The van der Waals surface area contributed by atoms with Crippen LogP contribution >= 0.6 is 38.9 Å². The van der Waals surface area contributed by atoms with Crippen molar-refractivity contribution in [3.63, 3.8) is 0 Å². The van der Waals surface area contributed by atoms with Crippen molar-refractivity contribution in [2.24, 2.45) is 0 Å². The van der Waals surface area contributed by atoms with Gasteiger partial charge in [-0.1, -0.05) is 33.6 Å². The summed E-state index contributed by atoms with van der Waals surface area (Å²) in [5.41, 5.74) is 1.15. The molecule has 0 saturated heterocycles. The van der Waals surface area contributed by atoms with Crippen molar-refractivity contribution in [3.8, 4) is 0 Å². The summed E-state index contributed by atoms with van der Waals surface area (Å²) in [4.78, 5) is 13.4. The first-order chi connectivity index (χ1) is 15.3. The number of rotatable bonds is 6. The van der Waals surface area contributed by atoms with Gasteiger partial charge in [-0.05, 0) is 79.0 Å². The van der Waals surface area contributed by atoms with E-state index >= 15 is 0 Å². The molecule has 0 saturated carbocycles. The van der Waals surface area contributed by atoms with Gasteiger partial charge in [0.25, 0.3) is 15.9 Å². The number of nitrogens with one attached hydrogen (secondary N) is 1. The zero-order chi connectivity index (χ0) is 22.9. The molecule has 1 N–H and O–H groups in total. The molecule has 0 aliphatic rings. The lowest BCUT2D eigenvalue weighted by molar-refractivity contribution is 0.103. The first-order valence-electron chi connectivity index (χ1n) is 9.67. The lowest BCUT2D eigenvalue weighted by Crippen LogP contribution is -2.30. The molecule has 5 nitrogen and oxygen atoms in total. The summed E-state index contributed by atoms with van der Waals surface area (Å²) in [5, 5.41) is 4.17. The van der Waals surface area contributed by atoms with Crippen molar-refractivity contribution in [3.05, 3.63) is 87.2 Å². The van der Waals surface area contributed by atoms with E-state index in [1.165, 1.54) is 15.6 Å². The van der Waals surface area contributed by atoms with Gasteiger partial charge < -0.3 is 5.32 Å². The summed E-state index contributed by atoms with van der Waals surface area (Å²) in [6.07, 6.45) is 0. The molecule has 0 atom stereocenters. The molecule has 0 aliphatic heterocycles. The number of anilines is 2. The largest absolute Gasteiger partial charge is 0.321 e. The minimum Gasteiger partial charge on any atom is -0.321 e. The number of thiophene rings is 1. The van der Waals surface area contributed by atoms with E-state index in [0.29, 0.717) is 21.3 Å². The highest BCUT2D eigenvalue weighted by Crippen LogP contribution is 2.32. The Balaban J connectivity index is 1.64. The van der Waals surface area contributed by atoms with Gasteiger partial charge in [0, 0.05) is 26.4 Å². The van der Waals surface area contributed by atoms with Crippen LogP contribution in [0.2, 0.25) is 5.02 Å². The minimum atomic E-state index is -3.72. The summed E-state index contributed by atoms with van der Waals surface area (Å²) in [7, 11) is -3.72. The second-order valence-corrected chi connectivity index (χ2v) is 11.2. The number of carbonyl (C=O) groups is 1. The molecule has 4 aromatic rings. The van der Waals surface area contributed by atoms with Crippen molar-refractivity contribution in [2.45, 2.75) is 11.8 Å². The summed E-state index contributed by atoms with van der Waals surface area (Å²) < 4.78 is 29.4. The molecule has 1 heterocycles. The van der Waals surface area contributed by atoms with Crippen LogP contribution in [0.3, 0.4) is 0 Å². The van der Waals surface area contributed by atoms with Gasteiger partial charge in [0.2, 0.25) is 0 Å². The Morgan fingerprint density at radius 2 is 1.81 bits per heavy atom. The topological polar surface area (TPSA) is 66.5 Å². The van der Waals surface area contributed by atoms with E-state index in [9.17, 15) is 13.2 Å². The fourth-order valence-corrected chi connectivity index (χ4v) is 6.14.